The topological polar surface area (TPSA) is 9.23 Å². The van der Waals surface area contributed by atoms with E-state index in [0.717, 1.165) is 0 Å². The molecule has 0 bridgehead atoms. The van der Waals surface area contributed by atoms with Crippen LogP contribution < -0.4 is 10.4 Å². The van der Waals surface area contributed by atoms with E-state index in [1.54, 1.807) is 0 Å². The van der Waals surface area contributed by atoms with Crippen LogP contribution >= 0.6 is 0 Å². The number of hydrogen-bond donors (Lipinski definition) is 0. The Morgan fingerprint density at radius 1 is 0.519 bits per heavy atom. The van der Waals surface area contributed by atoms with Crippen LogP contribution in [0.3, 0.4) is 0 Å². The fourth-order valence-electron chi connectivity index (χ4n) is 4.83. The summed E-state index contributed by atoms with van der Waals surface area (Å²) in [7, 11) is -4.08. The number of fused-ring (bicyclic) bond motifs is 7. The Hall–Kier alpha value is -2.21. The highest BCUT2D eigenvalue weighted by Gasteiger charge is 2.42. The molecule has 1 aliphatic rings. The van der Waals surface area contributed by atoms with Gasteiger partial charge in [0.1, 0.15) is 0 Å². The summed E-state index contributed by atoms with van der Waals surface area (Å²) in [5, 5.41) is 8.17. The van der Waals surface area contributed by atoms with E-state index in [1.165, 1.54) is 43.0 Å². The van der Waals surface area contributed by atoms with E-state index in [1.807, 2.05) is 0 Å². The fourth-order valence-corrected chi connectivity index (χ4v) is 13.5. The summed E-state index contributed by atoms with van der Waals surface area (Å²) in [4.78, 5) is 0. The van der Waals surface area contributed by atoms with Crippen molar-refractivity contribution in [1.82, 2.24) is 0 Å². The third-order valence-electron chi connectivity index (χ3n) is 5.92. The van der Waals surface area contributed by atoms with Crippen molar-refractivity contribution in [3.05, 3.63) is 72.8 Å². The number of hydrogen-bond acceptors (Lipinski definition) is 1. The lowest BCUT2D eigenvalue weighted by molar-refractivity contribution is 0.574. The second-order valence-electron chi connectivity index (χ2n) is 8.54. The normalized spacial score (nSPS) is 17.3. The monoisotopic (exact) mass is 384 g/mol. The van der Waals surface area contributed by atoms with Gasteiger partial charge in [-0.05, 0) is 69.2 Å². The molecular weight excluding hydrogens is 360 g/mol. The van der Waals surface area contributed by atoms with Gasteiger partial charge in [-0.25, -0.2) is 0 Å². The maximum atomic E-state index is 7.01. The van der Waals surface area contributed by atoms with E-state index >= 15 is 0 Å². The SMILES string of the molecule is C[Si]1(C)O[Si](C)(C)c2ccc3ccccc3c2-c2c1ccc1ccccc21. The Kier molecular flexibility index (Phi) is 3.54. The van der Waals surface area contributed by atoms with E-state index in [-0.39, 0.29) is 0 Å². The Balaban J connectivity index is 2.07. The Morgan fingerprint density at radius 2 is 0.926 bits per heavy atom. The molecule has 0 saturated carbocycles. The third kappa shape index (κ3) is 2.46. The molecule has 0 atom stereocenters. The van der Waals surface area contributed by atoms with Crippen LogP contribution in [0.15, 0.2) is 72.8 Å². The number of benzene rings is 4. The minimum absolute atomic E-state index is 1.31. The minimum Gasteiger partial charge on any atom is -0.449 e. The molecule has 0 N–H and O–H groups in total. The summed E-state index contributed by atoms with van der Waals surface area (Å²) in [5.74, 6) is 0. The van der Waals surface area contributed by atoms with Crippen LogP contribution in [0.1, 0.15) is 0 Å². The summed E-state index contributed by atoms with van der Waals surface area (Å²) >= 11 is 0. The summed E-state index contributed by atoms with van der Waals surface area (Å²) in [6, 6.07) is 26.8. The van der Waals surface area contributed by atoms with Gasteiger partial charge in [-0.2, -0.15) is 0 Å². The zero-order valence-electron chi connectivity index (χ0n) is 16.3. The van der Waals surface area contributed by atoms with Crippen LogP contribution in [0.2, 0.25) is 26.2 Å². The van der Waals surface area contributed by atoms with Gasteiger partial charge in [0.05, 0.1) is 0 Å². The second kappa shape index (κ2) is 5.65. The van der Waals surface area contributed by atoms with E-state index < -0.39 is 16.6 Å². The third-order valence-corrected chi connectivity index (χ3v) is 13.4. The average Bonchev–Trinajstić information content (AvgIpc) is 2.72. The van der Waals surface area contributed by atoms with Crippen molar-refractivity contribution in [2.45, 2.75) is 26.2 Å². The predicted octanol–water partition coefficient (Wildman–Crippen LogP) is 5.51. The lowest BCUT2D eigenvalue weighted by Crippen LogP contribution is -2.55. The molecule has 1 aliphatic heterocycles. The highest BCUT2D eigenvalue weighted by atomic mass is 28.4. The molecule has 134 valence electrons. The van der Waals surface area contributed by atoms with Gasteiger partial charge in [0.25, 0.3) is 0 Å². The minimum atomic E-state index is -2.04. The first-order valence-electron chi connectivity index (χ1n) is 9.63. The zero-order valence-corrected chi connectivity index (χ0v) is 18.3. The molecule has 4 aromatic carbocycles. The summed E-state index contributed by atoms with van der Waals surface area (Å²) < 4.78 is 7.01. The molecule has 0 saturated heterocycles. The van der Waals surface area contributed by atoms with Crippen molar-refractivity contribution >= 4 is 48.6 Å². The van der Waals surface area contributed by atoms with Crippen molar-refractivity contribution in [1.29, 1.82) is 0 Å². The molecule has 0 fully saturated rings. The van der Waals surface area contributed by atoms with Crippen LogP contribution in [0.25, 0.3) is 32.7 Å². The highest BCUT2D eigenvalue weighted by molar-refractivity contribution is 6.99. The van der Waals surface area contributed by atoms with Gasteiger partial charge in [0, 0.05) is 0 Å². The van der Waals surface area contributed by atoms with E-state index in [9.17, 15) is 0 Å². The van der Waals surface area contributed by atoms with Gasteiger partial charge in [-0.15, -0.1) is 0 Å². The highest BCUT2D eigenvalue weighted by Crippen LogP contribution is 2.37. The summed E-state index contributed by atoms with van der Waals surface area (Å²) in [5.41, 5.74) is 2.82. The van der Waals surface area contributed by atoms with Gasteiger partial charge in [0.15, 0.2) is 0 Å². The smallest absolute Gasteiger partial charge is 0.206 e. The van der Waals surface area contributed by atoms with E-state index in [0.29, 0.717) is 0 Å². The quantitative estimate of drug-likeness (QED) is 0.363. The fraction of sp³-hybridized carbons (Fsp3) is 0.167. The van der Waals surface area contributed by atoms with Gasteiger partial charge in [0.2, 0.25) is 16.6 Å². The van der Waals surface area contributed by atoms with Crippen LogP contribution in [0, 0.1) is 0 Å². The molecule has 0 aromatic heterocycles. The van der Waals surface area contributed by atoms with Crippen LogP contribution in [0.4, 0.5) is 0 Å². The molecule has 1 nitrogen and oxygen atoms in total. The first-order valence-corrected chi connectivity index (χ1v) is 15.5. The molecule has 0 unspecified atom stereocenters. The van der Waals surface area contributed by atoms with Crippen molar-refractivity contribution in [3.8, 4) is 11.1 Å². The van der Waals surface area contributed by atoms with E-state index in [2.05, 4.69) is 99.0 Å². The predicted molar refractivity (Wildman–Crippen MR) is 122 cm³/mol. The molecule has 0 radical (unpaired) electrons. The molecule has 3 heteroatoms. The molecule has 1 heterocycles. The van der Waals surface area contributed by atoms with Crippen molar-refractivity contribution in [3.63, 3.8) is 0 Å². The maximum absolute atomic E-state index is 7.01. The second-order valence-corrected chi connectivity index (χ2v) is 16.5. The molecular formula is C24H24OSi2. The van der Waals surface area contributed by atoms with Gasteiger partial charge in [-0.1, -0.05) is 72.8 Å². The van der Waals surface area contributed by atoms with Gasteiger partial charge < -0.3 is 4.12 Å². The van der Waals surface area contributed by atoms with Crippen LogP contribution in [-0.4, -0.2) is 16.6 Å². The molecule has 0 spiro atoms. The average molecular weight is 385 g/mol. The van der Waals surface area contributed by atoms with Crippen molar-refractivity contribution in [2.75, 3.05) is 0 Å². The molecule has 4 aromatic rings. The Morgan fingerprint density at radius 3 is 1.37 bits per heavy atom. The largest absolute Gasteiger partial charge is 0.449 e. The van der Waals surface area contributed by atoms with Crippen LogP contribution in [-0.2, 0) is 4.12 Å². The lowest BCUT2D eigenvalue weighted by Gasteiger charge is -2.32. The first kappa shape index (κ1) is 16.9. The Bertz CT molecular complexity index is 1110. The molecule has 27 heavy (non-hydrogen) atoms. The zero-order chi connectivity index (χ0) is 18.8. The number of rotatable bonds is 0. The van der Waals surface area contributed by atoms with E-state index in [4.69, 9.17) is 4.12 Å². The molecule has 5 rings (SSSR count). The Labute approximate surface area is 162 Å². The van der Waals surface area contributed by atoms with Crippen molar-refractivity contribution in [2.24, 2.45) is 0 Å². The standard InChI is InChI=1S/C24H24OSi2/c1-26(2)21-15-13-17-9-5-7-11-19(17)23(21)24-20-12-8-6-10-18(20)14-16-22(24)27(3,4)25-26/h5-16H,1-4H3. The maximum Gasteiger partial charge on any atom is 0.206 e. The molecule has 0 aliphatic carbocycles. The lowest BCUT2D eigenvalue weighted by atomic mass is 9.93. The van der Waals surface area contributed by atoms with Crippen LogP contribution in [0.5, 0.6) is 0 Å². The van der Waals surface area contributed by atoms with Gasteiger partial charge >= 0.3 is 0 Å². The first-order chi connectivity index (χ1) is 12.9. The summed E-state index contributed by atoms with van der Waals surface area (Å²) in [6.07, 6.45) is 0. The van der Waals surface area contributed by atoms with Crippen molar-refractivity contribution < 1.29 is 4.12 Å². The van der Waals surface area contributed by atoms with Gasteiger partial charge in [-0.3, -0.25) is 0 Å². The molecule has 0 amide bonds. The summed E-state index contributed by atoms with van der Waals surface area (Å²) in [6.45, 7) is 9.46.